The van der Waals surface area contributed by atoms with Crippen molar-refractivity contribution < 1.29 is 26.4 Å². The molecule has 5 rings (SSSR count). The molecule has 7 nitrogen and oxygen atoms in total. The minimum atomic E-state index is -3.01. The largest absolute Gasteiger partial charge is 0.440 e. The molecule has 2 fully saturated rings. The smallest absolute Gasteiger partial charge is 0.229 e. The van der Waals surface area contributed by atoms with Gasteiger partial charge < -0.3 is 9.32 Å². The Morgan fingerprint density at radius 1 is 1.12 bits per heavy atom. The van der Waals surface area contributed by atoms with E-state index in [0.29, 0.717) is 42.9 Å². The maximum Gasteiger partial charge on any atom is 0.229 e. The van der Waals surface area contributed by atoms with Gasteiger partial charge in [-0.25, -0.2) is 22.2 Å². The molecule has 1 aliphatic heterocycles. The summed E-state index contributed by atoms with van der Waals surface area (Å²) in [5.41, 5.74) is 2.11. The third kappa shape index (κ3) is 5.94. The van der Waals surface area contributed by atoms with Crippen LogP contribution in [-0.4, -0.2) is 43.8 Å². The van der Waals surface area contributed by atoms with Gasteiger partial charge >= 0.3 is 0 Å². The molecule has 1 aromatic heterocycles. The van der Waals surface area contributed by atoms with Crippen LogP contribution in [0.25, 0.3) is 22.7 Å². The quantitative estimate of drug-likeness (QED) is 0.349. The van der Waals surface area contributed by atoms with E-state index in [1.54, 1.807) is 6.92 Å². The molecule has 10 heteroatoms. The molecule has 2 aliphatic rings. The van der Waals surface area contributed by atoms with Gasteiger partial charge in [0, 0.05) is 48.7 Å². The van der Waals surface area contributed by atoms with E-state index >= 15 is 0 Å². The van der Waals surface area contributed by atoms with Gasteiger partial charge in [0.2, 0.25) is 5.89 Å². The zero-order valence-electron chi connectivity index (χ0n) is 22.3. The highest BCUT2D eigenvalue weighted by molar-refractivity contribution is 7.91. The predicted octanol–water partition coefficient (Wildman–Crippen LogP) is 5.91. The van der Waals surface area contributed by atoms with Crippen LogP contribution >= 0.6 is 0 Å². The number of halogens is 2. The summed E-state index contributed by atoms with van der Waals surface area (Å²) in [5, 5.41) is 9.25. The van der Waals surface area contributed by atoms with Crippen LogP contribution in [0.3, 0.4) is 0 Å². The second-order valence-corrected chi connectivity index (χ2v) is 13.0. The van der Waals surface area contributed by atoms with Gasteiger partial charge in [0.15, 0.2) is 9.84 Å². The van der Waals surface area contributed by atoms with Gasteiger partial charge in [-0.05, 0) is 44.0 Å². The SMILES string of the molecule is CC(C#N)CC(=O)[C@@H]1CCCC[C@H]1c1oc(-c2ccc(F)cc2F)nc1-c1ccc(N2CCS(=O)(=O)CC2)cc1. The summed E-state index contributed by atoms with van der Waals surface area (Å²) >= 11 is 0. The molecule has 0 radical (unpaired) electrons. The molecule has 0 amide bonds. The van der Waals surface area contributed by atoms with Gasteiger partial charge in [-0.1, -0.05) is 25.0 Å². The lowest BCUT2D eigenvalue weighted by Gasteiger charge is -2.30. The van der Waals surface area contributed by atoms with Crippen LogP contribution < -0.4 is 4.90 Å². The molecule has 2 heterocycles. The summed E-state index contributed by atoms with van der Waals surface area (Å²) in [6, 6.07) is 12.9. The van der Waals surface area contributed by atoms with E-state index in [0.717, 1.165) is 30.7 Å². The highest BCUT2D eigenvalue weighted by Gasteiger charge is 2.37. The van der Waals surface area contributed by atoms with Gasteiger partial charge in [0.1, 0.15) is 28.9 Å². The Balaban J connectivity index is 1.53. The second-order valence-electron chi connectivity index (χ2n) is 10.7. The Bertz CT molecular complexity index is 1530. The van der Waals surface area contributed by atoms with Gasteiger partial charge in [-0.15, -0.1) is 0 Å². The third-order valence-corrected chi connectivity index (χ3v) is 9.52. The van der Waals surface area contributed by atoms with Crippen molar-refractivity contribution in [3.8, 4) is 28.8 Å². The minimum absolute atomic E-state index is 0.00557. The van der Waals surface area contributed by atoms with E-state index in [1.165, 1.54) is 6.07 Å². The number of nitriles is 1. The first-order valence-corrected chi connectivity index (χ1v) is 15.4. The first-order chi connectivity index (χ1) is 19.1. The molecular formula is C30H31F2N3O4S. The average Bonchev–Trinajstić information content (AvgIpc) is 3.38. The van der Waals surface area contributed by atoms with Gasteiger partial charge in [-0.2, -0.15) is 5.26 Å². The molecule has 0 N–H and O–H groups in total. The Morgan fingerprint density at radius 3 is 2.50 bits per heavy atom. The second kappa shape index (κ2) is 11.5. The molecule has 210 valence electrons. The molecule has 1 unspecified atom stereocenters. The van der Waals surface area contributed by atoms with Crippen molar-refractivity contribution in [1.82, 2.24) is 4.98 Å². The lowest BCUT2D eigenvalue weighted by molar-refractivity contribution is -0.125. The molecule has 1 aliphatic carbocycles. The molecule has 3 atom stereocenters. The number of anilines is 1. The molecular weight excluding hydrogens is 536 g/mol. The van der Waals surface area contributed by atoms with Gasteiger partial charge in [-0.3, -0.25) is 4.79 Å². The average molecular weight is 568 g/mol. The summed E-state index contributed by atoms with van der Waals surface area (Å²) < 4.78 is 58.3. The molecule has 3 aromatic rings. The molecule has 1 saturated heterocycles. The van der Waals surface area contributed by atoms with Crippen molar-refractivity contribution in [3.63, 3.8) is 0 Å². The summed E-state index contributed by atoms with van der Waals surface area (Å²) in [7, 11) is -3.01. The lowest BCUT2D eigenvalue weighted by atomic mass is 9.73. The Kier molecular flexibility index (Phi) is 8.04. The van der Waals surface area contributed by atoms with Crippen LogP contribution in [0.2, 0.25) is 0 Å². The number of hydrogen-bond donors (Lipinski definition) is 0. The summed E-state index contributed by atoms with van der Waals surface area (Å²) in [4.78, 5) is 19.9. The number of nitrogens with zero attached hydrogens (tertiary/aromatic N) is 3. The van der Waals surface area contributed by atoms with Crippen molar-refractivity contribution in [2.24, 2.45) is 11.8 Å². The standard InChI is InChI=1S/C30H31F2N3O4S/c1-19(18-33)16-27(36)23-4-2-3-5-24(23)29-28(34-30(39-29)25-11-8-21(31)17-26(25)32)20-6-9-22(10-7-20)35-12-14-40(37,38)15-13-35/h6-11,17,19,23-24H,2-5,12-16H2,1H3/t19?,23-,24-/m1/s1. The van der Waals surface area contributed by atoms with E-state index in [2.05, 4.69) is 11.1 Å². The van der Waals surface area contributed by atoms with Crippen LogP contribution in [0.5, 0.6) is 0 Å². The summed E-state index contributed by atoms with van der Waals surface area (Å²) in [6.45, 7) is 2.56. The number of hydrogen-bond acceptors (Lipinski definition) is 7. The number of sulfone groups is 1. The number of carbonyl (C=O) groups excluding carboxylic acids is 1. The van der Waals surface area contributed by atoms with Crippen LogP contribution in [0.15, 0.2) is 46.9 Å². The zero-order chi connectivity index (χ0) is 28.4. The molecule has 0 spiro atoms. The number of carbonyl (C=O) groups is 1. The molecule has 0 bridgehead atoms. The molecule has 40 heavy (non-hydrogen) atoms. The van der Waals surface area contributed by atoms with Crippen molar-refractivity contribution >= 4 is 21.3 Å². The van der Waals surface area contributed by atoms with Crippen molar-refractivity contribution in [2.45, 2.75) is 44.9 Å². The number of Topliss-reactive ketones (excluding diaryl/α,β-unsaturated/α-hetero) is 1. The van der Waals surface area contributed by atoms with Gasteiger partial charge in [0.25, 0.3) is 0 Å². The van der Waals surface area contributed by atoms with Crippen LogP contribution in [0.1, 0.15) is 50.7 Å². The number of ketones is 1. The number of rotatable bonds is 7. The van der Waals surface area contributed by atoms with Gasteiger partial charge in [0.05, 0.1) is 29.1 Å². The predicted molar refractivity (Wildman–Crippen MR) is 147 cm³/mol. The maximum atomic E-state index is 14.7. The highest BCUT2D eigenvalue weighted by atomic mass is 32.2. The Labute approximate surface area is 232 Å². The maximum absolute atomic E-state index is 14.7. The number of aromatic nitrogens is 1. The van der Waals surface area contributed by atoms with Crippen LogP contribution in [-0.2, 0) is 14.6 Å². The lowest BCUT2D eigenvalue weighted by Crippen LogP contribution is -2.40. The topological polar surface area (TPSA) is 104 Å². The first-order valence-electron chi connectivity index (χ1n) is 13.6. The normalized spacial score (nSPS) is 21.5. The van der Waals surface area contributed by atoms with E-state index < -0.39 is 27.4 Å². The van der Waals surface area contributed by atoms with Crippen LogP contribution in [0, 0.1) is 34.8 Å². The summed E-state index contributed by atoms with van der Waals surface area (Å²) in [6.07, 6.45) is 3.28. The fourth-order valence-electron chi connectivity index (χ4n) is 5.70. The Morgan fingerprint density at radius 2 is 1.82 bits per heavy atom. The Hall–Kier alpha value is -3.58. The van der Waals surface area contributed by atoms with Crippen molar-refractivity contribution in [2.75, 3.05) is 29.5 Å². The fourth-order valence-corrected chi connectivity index (χ4v) is 6.90. The minimum Gasteiger partial charge on any atom is -0.440 e. The van der Waals surface area contributed by atoms with E-state index in [-0.39, 0.29) is 47.0 Å². The number of benzene rings is 2. The van der Waals surface area contributed by atoms with Crippen molar-refractivity contribution in [1.29, 1.82) is 5.26 Å². The fraction of sp³-hybridized carbons (Fsp3) is 0.433. The summed E-state index contributed by atoms with van der Waals surface area (Å²) in [5.74, 6) is -1.83. The monoisotopic (exact) mass is 567 g/mol. The zero-order valence-corrected chi connectivity index (χ0v) is 23.1. The van der Waals surface area contributed by atoms with Crippen LogP contribution in [0.4, 0.5) is 14.5 Å². The third-order valence-electron chi connectivity index (χ3n) is 7.91. The first kappa shape index (κ1) is 28.0. The van der Waals surface area contributed by atoms with E-state index in [1.807, 2.05) is 29.2 Å². The van der Waals surface area contributed by atoms with Crippen molar-refractivity contribution in [3.05, 3.63) is 59.9 Å². The number of oxazole rings is 1. The van der Waals surface area contributed by atoms with E-state index in [9.17, 15) is 27.3 Å². The molecule has 2 aromatic carbocycles. The molecule has 1 saturated carbocycles. The highest BCUT2D eigenvalue weighted by Crippen LogP contribution is 2.45. The van der Waals surface area contributed by atoms with E-state index in [4.69, 9.17) is 4.42 Å².